The number of nitrogens with zero attached hydrogens (tertiary/aromatic N) is 6. The molecule has 0 bridgehead atoms. The minimum Gasteiger partial charge on any atom is -0.447 e. The number of pyridine rings is 2. The molecule has 4 rings (SSSR count). The van der Waals surface area contributed by atoms with E-state index in [1.165, 1.54) is 17.2 Å². The van der Waals surface area contributed by atoms with Crippen molar-refractivity contribution in [1.29, 1.82) is 0 Å². The summed E-state index contributed by atoms with van der Waals surface area (Å²) in [6.45, 7) is 7.58. The van der Waals surface area contributed by atoms with Crippen LogP contribution >= 0.6 is 0 Å². The average Bonchev–Trinajstić information content (AvgIpc) is 3.18. The minimum atomic E-state index is -4.53. The van der Waals surface area contributed by atoms with E-state index in [-0.39, 0.29) is 30.6 Å². The van der Waals surface area contributed by atoms with E-state index in [0.29, 0.717) is 29.1 Å². The van der Waals surface area contributed by atoms with Crippen LogP contribution in [-0.4, -0.2) is 43.7 Å². The van der Waals surface area contributed by atoms with Gasteiger partial charge in [-0.2, -0.15) is 28.1 Å². The van der Waals surface area contributed by atoms with Crippen LogP contribution in [0.5, 0.6) is 0 Å². The van der Waals surface area contributed by atoms with Crippen LogP contribution in [0.15, 0.2) is 30.6 Å². The molecule has 1 fully saturated rings. The quantitative estimate of drug-likeness (QED) is 0.525. The molecule has 35 heavy (non-hydrogen) atoms. The molecule has 9 nitrogen and oxygen atoms in total. The zero-order valence-electron chi connectivity index (χ0n) is 19.6. The fourth-order valence-corrected chi connectivity index (χ4v) is 3.78. The number of alkyl halides is 3. The normalized spacial score (nSPS) is 16.8. The van der Waals surface area contributed by atoms with Crippen molar-refractivity contribution < 1.29 is 22.7 Å². The van der Waals surface area contributed by atoms with Gasteiger partial charge >= 0.3 is 12.3 Å². The van der Waals surface area contributed by atoms with Crippen molar-refractivity contribution >= 4 is 18.0 Å². The number of aromatic nitrogens is 5. The van der Waals surface area contributed by atoms with E-state index in [1.807, 2.05) is 13.8 Å². The van der Waals surface area contributed by atoms with Crippen molar-refractivity contribution in [2.24, 2.45) is 0 Å². The molecule has 3 aromatic rings. The van der Waals surface area contributed by atoms with E-state index in [1.54, 1.807) is 19.9 Å². The Bertz CT molecular complexity index is 1250. The highest BCUT2D eigenvalue weighted by Gasteiger charge is 2.35. The van der Waals surface area contributed by atoms with Crippen molar-refractivity contribution in [3.63, 3.8) is 0 Å². The molecule has 12 heteroatoms. The van der Waals surface area contributed by atoms with E-state index in [9.17, 15) is 18.0 Å². The van der Waals surface area contributed by atoms with Gasteiger partial charge < -0.3 is 10.1 Å². The number of ether oxygens (including phenoxy) is 1. The Morgan fingerprint density at radius 2 is 1.97 bits per heavy atom. The van der Waals surface area contributed by atoms with Gasteiger partial charge in [0, 0.05) is 18.0 Å². The molecule has 3 aromatic heterocycles. The lowest BCUT2D eigenvalue weighted by Crippen LogP contribution is -2.34. The summed E-state index contributed by atoms with van der Waals surface area (Å²) in [6.07, 6.45) is -1.67. The van der Waals surface area contributed by atoms with Gasteiger partial charge in [0.15, 0.2) is 0 Å². The molecule has 1 saturated heterocycles. The summed E-state index contributed by atoms with van der Waals surface area (Å²) >= 11 is 0. The van der Waals surface area contributed by atoms with Crippen LogP contribution in [0.25, 0.3) is 11.1 Å². The van der Waals surface area contributed by atoms with Gasteiger partial charge in [0.25, 0.3) is 0 Å². The Balaban J connectivity index is 1.56. The van der Waals surface area contributed by atoms with Gasteiger partial charge in [0.1, 0.15) is 18.1 Å². The molecular weight excluding hydrogens is 463 g/mol. The summed E-state index contributed by atoms with van der Waals surface area (Å²) in [4.78, 5) is 34.5. The maximum absolute atomic E-state index is 13.0. The SMILES string of the molecule is CC[C@H]1COC(=O)N1c1nc(C)nc(N[C@@H](C)c2cc(C)c(-c3ccnc(C(F)(F)F)c3)cn2)n1. The maximum Gasteiger partial charge on any atom is 0.433 e. The molecule has 1 amide bonds. The van der Waals surface area contributed by atoms with E-state index in [4.69, 9.17) is 4.74 Å². The van der Waals surface area contributed by atoms with Gasteiger partial charge in [0.2, 0.25) is 11.9 Å². The molecule has 0 unspecified atom stereocenters. The molecule has 2 atom stereocenters. The standard InChI is InChI=1S/C23H24F3N7O2/c1-5-16-11-35-22(34)33(16)21-31-14(4)30-20(32-21)29-13(3)18-8-12(2)17(10-28-18)15-6-7-27-19(9-15)23(24,25)26/h6-10,13,16H,5,11H2,1-4H3,(H,29,30,31,32)/t13-,16-/m0/s1. The van der Waals surface area contributed by atoms with Crippen LogP contribution in [0.2, 0.25) is 0 Å². The van der Waals surface area contributed by atoms with Crippen molar-refractivity contribution in [3.05, 3.63) is 53.4 Å². The van der Waals surface area contributed by atoms with Crippen LogP contribution in [0, 0.1) is 13.8 Å². The number of nitrogens with one attached hydrogen (secondary N) is 1. The number of carbonyl (C=O) groups is 1. The Labute approximate surface area is 199 Å². The lowest BCUT2D eigenvalue weighted by atomic mass is 10.0. The molecule has 1 aliphatic rings. The van der Waals surface area contributed by atoms with Crippen molar-refractivity contribution in [2.45, 2.75) is 52.4 Å². The van der Waals surface area contributed by atoms with E-state index < -0.39 is 18.0 Å². The molecule has 0 spiro atoms. The fourth-order valence-electron chi connectivity index (χ4n) is 3.78. The number of hydrogen-bond donors (Lipinski definition) is 1. The van der Waals surface area contributed by atoms with Crippen LogP contribution < -0.4 is 10.2 Å². The Kier molecular flexibility index (Phi) is 6.55. The topological polar surface area (TPSA) is 106 Å². The van der Waals surface area contributed by atoms with Gasteiger partial charge in [-0.25, -0.2) is 9.69 Å². The van der Waals surface area contributed by atoms with E-state index in [0.717, 1.165) is 17.8 Å². The largest absolute Gasteiger partial charge is 0.447 e. The molecule has 0 radical (unpaired) electrons. The highest BCUT2D eigenvalue weighted by atomic mass is 19.4. The number of hydrogen-bond acceptors (Lipinski definition) is 8. The molecule has 1 N–H and O–H groups in total. The van der Waals surface area contributed by atoms with Gasteiger partial charge in [-0.05, 0) is 56.5 Å². The summed E-state index contributed by atoms with van der Waals surface area (Å²) in [7, 11) is 0. The average molecular weight is 487 g/mol. The number of halogens is 3. The van der Waals surface area contributed by atoms with Crippen LogP contribution in [-0.2, 0) is 10.9 Å². The summed E-state index contributed by atoms with van der Waals surface area (Å²) in [5.41, 5.74) is 1.39. The molecule has 0 aliphatic carbocycles. The smallest absolute Gasteiger partial charge is 0.433 e. The first-order valence-corrected chi connectivity index (χ1v) is 11.0. The number of cyclic esters (lactones) is 1. The number of carbonyl (C=O) groups excluding carboxylic acids is 1. The summed E-state index contributed by atoms with van der Waals surface area (Å²) < 4.78 is 44.3. The monoisotopic (exact) mass is 487 g/mol. The zero-order chi connectivity index (χ0) is 25.3. The first-order chi connectivity index (χ1) is 16.6. The van der Waals surface area contributed by atoms with E-state index in [2.05, 4.69) is 30.2 Å². The van der Waals surface area contributed by atoms with Crippen molar-refractivity contribution in [2.75, 3.05) is 16.8 Å². The molecule has 184 valence electrons. The number of anilines is 2. The minimum absolute atomic E-state index is 0.155. The summed E-state index contributed by atoms with van der Waals surface area (Å²) in [5.74, 6) is 0.901. The van der Waals surface area contributed by atoms with Gasteiger partial charge in [-0.3, -0.25) is 9.97 Å². The third kappa shape index (κ3) is 5.15. The predicted octanol–water partition coefficient (Wildman–Crippen LogP) is 4.87. The second kappa shape index (κ2) is 9.43. The third-order valence-corrected chi connectivity index (χ3v) is 5.67. The van der Waals surface area contributed by atoms with Crippen molar-refractivity contribution in [3.8, 4) is 11.1 Å². The zero-order valence-corrected chi connectivity index (χ0v) is 19.6. The van der Waals surface area contributed by atoms with Crippen LogP contribution in [0.3, 0.4) is 0 Å². The highest BCUT2D eigenvalue weighted by molar-refractivity contribution is 5.88. The predicted molar refractivity (Wildman–Crippen MR) is 122 cm³/mol. The molecule has 0 aromatic carbocycles. The fraction of sp³-hybridized carbons (Fsp3) is 0.391. The summed E-state index contributed by atoms with van der Waals surface area (Å²) in [6, 6.07) is 3.82. The second-order valence-electron chi connectivity index (χ2n) is 8.23. The molecule has 1 aliphatic heterocycles. The van der Waals surface area contributed by atoms with Gasteiger partial charge in [-0.1, -0.05) is 6.92 Å². The third-order valence-electron chi connectivity index (χ3n) is 5.67. The molecule has 4 heterocycles. The Hall–Kier alpha value is -3.83. The van der Waals surface area contributed by atoms with Crippen molar-refractivity contribution in [1.82, 2.24) is 24.9 Å². The Morgan fingerprint density at radius 1 is 1.20 bits per heavy atom. The number of rotatable bonds is 6. The Morgan fingerprint density at radius 3 is 2.66 bits per heavy atom. The van der Waals surface area contributed by atoms with Gasteiger partial charge in [0.05, 0.1) is 17.8 Å². The summed E-state index contributed by atoms with van der Waals surface area (Å²) in [5, 5.41) is 3.16. The molecule has 0 saturated carbocycles. The second-order valence-corrected chi connectivity index (χ2v) is 8.23. The van der Waals surface area contributed by atoms with E-state index >= 15 is 0 Å². The lowest BCUT2D eigenvalue weighted by Gasteiger charge is -2.20. The highest BCUT2D eigenvalue weighted by Crippen LogP contribution is 2.32. The van der Waals surface area contributed by atoms with Crippen LogP contribution in [0.1, 0.15) is 49.1 Å². The number of aryl methyl sites for hydroxylation is 2. The number of amides is 1. The maximum atomic E-state index is 13.0. The first kappa shape index (κ1) is 24.3. The van der Waals surface area contributed by atoms with Gasteiger partial charge in [-0.15, -0.1) is 0 Å². The van der Waals surface area contributed by atoms with Crippen LogP contribution in [0.4, 0.5) is 29.9 Å². The molecular formula is C23H24F3N7O2. The first-order valence-electron chi connectivity index (χ1n) is 11.0. The lowest BCUT2D eigenvalue weighted by molar-refractivity contribution is -0.141.